The van der Waals surface area contributed by atoms with Gasteiger partial charge in [-0.3, -0.25) is 0 Å². The SMILES string of the molecule is CCCc1ccc(O)c(CN)c1C(C)(C)C. The molecule has 0 amide bonds. The first kappa shape index (κ1) is 13.0. The van der Waals surface area contributed by atoms with Crippen LogP contribution < -0.4 is 5.73 Å². The summed E-state index contributed by atoms with van der Waals surface area (Å²) in [4.78, 5) is 0. The molecule has 16 heavy (non-hydrogen) atoms. The van der Waals surface area contributed by atoms with Crippen molar-refractivity contribution in [3.63, 3.8) is 0 Å². The average Bonchev–Trinajstić information content (AvgIpc) is 2.18. The summed E-state index contributed by atoms with van der Waals surface area (Å²) in [5.41, 5.74) is 9.21. The van der Waals surface area contributed by atoms with Gasteiger partial charge in [0, 0.05) is 12.1 Å². The van der Waals surface area contributed by atoms with Crippen molar-refractivity contribution in [1.29, 1.82) is 0 Å². The van der Waals surface area contributed by atoms with Gasteiger partial charge in [0.1, 0.15) is 5.75 Å². The van der Waals surface area contributed by atoms with Gasteiger partial charge in [-0.15, -0.1) is 0 Å². The van der Waals surface area contributed by atoms with Crippen molar-refractivity contribution in [1.82, 2.24) is 0 Å². The smallest absolute Gasteiger partial charge is 0.120 e. The Balaban J connectivity index is 3.41. The number of aryl methyl sites for hydroxylation is 1. The molecule has 1 aromatic carbocycles. The molecule has 0 saturated carbocycles. The van der Waals surface area contributed by atoms with Gasteiger partial charge in [0.15, 0.2) is 0 Å². The second-order valence-electron chi connectivity index (χ2n) is 5.30. The van der Waals surface area contributed by atoms with E-state index in [-0.39, 0.29) is 5.41 Å². The minimum atomic E-state index is 0.0257. The standard InChI is InChI=1S/C14H23NO/c1-5-6-10-7-8-12(16)11(9-15)13(10)14(2,3)4/h7-8,16H,5-6,9,15H2,1-4H3. The fourth-order valence-electron chi connectivity index (χ4n) is 2.30. The molecule has 0 atom stereocenters. The summed E-state index contributed by atoms with van der Waals surface area (Å²) in [5.74, 6) is 0.326. The molecule has 0 aliphatic carbocycles. The van der Waals surface area contributed by atoms with Gasteiger partial charge < -0.3 is 10.8 Å². The van der Waals surface area contributed by atoms with E-state index >= 15 is 0 Å². The lowest BCUT2D eigenvalue weighted by Gasteiger charge is -2.26. The summed E-state index contributed by atoms with van der Waals surface area (Å²) in [6.07, 6.45) is 2.15. The molecule has 0 heterocycles. The van der Waals surface area contributed by atoms with Crippen LogP contribution in [-0.2, 0) is 18.4 Å². The molecule has 2 heteroatoms. The summed E-state index contributed by atoms with van der Waals surface area (Å²) in [6.45, 7) is 9.07. The van der Waals surface area contributed by atoms with E-state index in [0.717, 1.165) is 18.4 Å². The van der Waals surface area contributed by atoms with Crippen LogP contribution in [0.25, 0.3) is 0 Å². The van der Waals surface area contributed by atoms with Gasteiger partial charge in [-0.25, -0.2) is 0 Å². The molecule has 2 nitrogen and oxygen atoms in total. The highest BCUT2D eigenvalue weighted by molar-refractivity contribution is 5.47. The van der Waals surface area contributed by atoms with Crippen molar-refractivity contribution >= 4 is 0 Å². The Morgan fingerprint density at radius 1 is 1.25 bits per heavy atom. The van der Waals surface area contributed by atoms with Crippen LogP contribution in [0.15, 0.2) is 12.1 Å². The predicted octanol–water partition coefficient (Wildman–Crippen LogP) is 3.10. The Morgan fingerprint density at radius 3 is 2.31 bits per heavy atom. The number of hydrogen-bond acceptors (Lipinski definition) is 2. The number of phenolic OH excluding ortho intramolecular Hbond substituents is 1. The maximum atomic E-state index is 9.87. The van der Waals surface area contributed by atoms with Crippen molar-refractivity contribution < 1.29 is 5.11 Å². The number of aromatic hydroxyl groups is 1. The van der Waals surface area contributed by atoms with E-state index in [2.05, 4.69) is 27.7 Å². The lowest BCUT2D eigenvalue weighted by atomic mass is 9.79. The number of phenols is 1. The monoisotopic (exact) mass is 221 g/mol. The summed E-state index contributed by atoms with van der Waals surface area (Å²) >= 11 is 0. The van der Waals surface area contributed by atoms with Crippen LogP contribution in [-0.4, -0.2) is 5.11 Å². The Kier molecular flexibility index (Phi) is 3.98. The lowest BCUT2D eigenvalue weighted by molar-refractivity contribution is 0.461. The zero-order chi connectivity index (χ0) is 12.3. The lowest BCUT2D eigenvalue weighted by Crippen LogP contribution is -2.19. The highest BCUT2D eigenvalue weighted by Crippen LogP contribution is 2.34. The second-order valence-corrected chi connectivity index (χ2v) is 5.30. The maximum absolute atomic E-state index is 9.87. The van der Waals surface area contributed by atoms with Crippen LogP contribution in [0.5, 0.6) is 5.75 Å². The number of rotatable bonds is 3. The average molecular weight is 221 g/mol. The number of hydrogen-bond donors (Lipinski definition) is 2. The van der Waals surface area contributed by atoms with Crippen LogP contribution in [0.4, 0.5) is 0 Å². The molecule has 0 aliphatic heterocycles. The summed E-state index contributed by atoms with van der Waals surface area (Å²) < 4.78 is 0. The molecule has 0 spiro atoms. The molecular weight excluding hydrogens is 198 g/mol. The largest absolute Gasteiger partial charge is 0.508 e. The van der Waals surface area contributed by atoms with Crippen molar-refractivity contribution in [3.05, 3.63) is 28.8 Å². The first-order valence-electron chi connectivity index (χ1n) is 5.96. The molecular formula is C14H23NO. The van der Waals surface area contributed by atoms with Gasteiger partial charge in [0.2, 0.25) is 0 Å². The van der Waals surface area contributed by atoms with Crippen LogP contribution in [0.2, 0.25) is 0 Å². The molecule has 0 fully saturated rings. The van der Waals surface area contributed by atoms with E-state index in [0.29, 0.717) is 12.3 Å². The van der Waals surface area contributed by atoms with E-state index in [9.17, 15) is 5.11 Å². The second kappa shape index (κ2) is 4.88. The quantitative estimate of drug-likeness (QED) is 0.824. The maximum Gasteiger partial charge on any atom is 0.120 e. The van der Waals surface area contributed by atoms with Gasteiger partial charge >= 0.3 is 0 Å². The van der Waals surface area contributed by atoms with Crippen molar-refractivity contribution in [2.24, 2.45) is 5.73 Å². The number of nitrogens with two attached hydrogens (primary N) is 1. The molecule has 3 N–H and O–H groups in total. The van der Waals surface area contributed by atoms with E-state index in [4.69, 9.17) is 5.73 Å². The molecule has 1 rings (SSSR count). The van der Waals surface area contributed by atoms with Gasteiger partial charge in [-0.2, -0.15) is 0 Å². The third-order valence-electron chi connectivity index (χ3n) is 2.85. The molecule has 0 aromatic heterocycles. The van der Waals surface area contributed by atoms with Crippen molar-refractivity contribution in [2.75, 3.05) is 0 Å². The summed E-state index contributed by atoms with van der Waals surface area (Å²) in [5, 5.41) is 9.87. The minimum Gasteiger partial charge on any atom is -0.508 e. The normalized spacial score (nSPS) is 11.8. The molecule has 0 radical (unpaired) electrons. The molecule has 0 aliphatic rings. The fraction of sp³-hybridized carbons (Fsp3) is 0.571. The Hall–Kier alpha value is -1.02. The topological polar surface area (TPSA) is 46.2 Å². The third kappa shape index (κ3) is 2.56. The van der Waals surface area contributed by atoms with Gasteiger partial charge in [0.25, 0.3) is 0 Å². The first-order chi connectivity index (χ1) is 7.41. The van der Waals surface area contributed by atoms with Crippen molar-refractivity contribution in [3.8, 4) is 5.75 Å². The van der Waals surface area contributed by atoms with Crippen LogP contribution in [0, 0.1) is 0 Å². The molecule has 90 valence electrons. The zero-order valence-electron chi connectivity index (χ0n) is 10.8. The van der Waals surface area contributed by atoms with E-state index < -0.39 is 0 Å². The molecule has 0 unspecified atom stereocenters. The third-order valence-corrected chi connectivity index (χ3v) is 2.85. The van der Waals surface area contributed by atoms with Gasteiger partial charge in [0.05, 0.1) is 0 Å². The van der Waals surface area contributed by atoms with E-state index in [1.807, 2.05) is 6.07 Å². The van der Waals surface area contributed by atoms with Crippen LogP contribution in [0.1, 0.15) is 50.8 Å². The zero-order valence-corrected chi connectivity index (χ0v) is 10.8. The predicted molar refractivity (Wildman–Crippen MR) is 68.7 cm³/mol. The van der Waals surface area contributed by atoms with Crippen LogP contribution >= 0.6 is 0 Å². The number of benzene rings is 1. The van der Waals surface area contributed by atoms with E-state index in [1.165, 1.54) is 11.1 Å². The summed E-state index contributed by atoms with van der Waals surface area (Å²) in [6, 6.07) is 3.79. The van der Waals surface area contributed by atoms with E-state index in [1.54, 1.807) is 6.07 Å². The van der Waals surface area contributed by atoms with Crippen LogP contribution in [0.3, 0.4) is 0 Å². The summed E-state index contributed by atoms with van der Waals surface area (Å²) in [7, 11) is 0. The minimum absolute atomic E-state index is 0.0257. The molecule has 0 saturated heterocycles. The molecule has 0 bridgehead atoms. The highest BCUT2D eigenvalue weighted by Gasteiger charge is 2.22. The van der Waals surface area contributed by atoms with Gasteiger partial charge in [-0.1, -0.05) is 40.2 Å². The first-order valence-corrected chi connectivity index (χ1v) is 5.96. The van der Waals surface area contributed by atoms with Gasteiger partial charge in [-0.05, 0) is 29.0 Å². The highest BCUT2D eigenvalue weighted by atomic mass is 16.3. The Bertz CT molecular complexity index is 364. The molecule has 1 aromatic rings. The Morgan fingerprint density at radius 2 is 1.88 bits per heavy atom. The fourth-order valence-corrected chi connectivity index (χ4v) is 2.30. The Labute approximate surface area is 98.5 Å². The van der Waals surface area contributed by atoms with Crippen molar-refractivity contribution in [2.45, 2.75) is 52.5 Å².